The Hall–Kier alpha value is -1.09. The van der Waals surface area contributed by atoms with Crippen molar-refractivity contribution in [1.29, 1.82) is 0 Å². The van der Waals surface area contributed by atoms with Crippen LogP contribution in [0.15, 0.2) is 18.2 Å². The van der Waals surface area contributed by atoms with Crippen LogP contribution in [0.5, 0.6) is 0 Å². The van der Waals surface area contributed by atoms with Gasteiger partial charge in [0.25, 0.3) is 0 Å². The molecule has 0 aromatic heterocycles. The molecule has 0 saturated carbocycles. The van der Waals surface area contributed by atoms with Crippen LogP contribution >= 0.6 is 15.9 Å². The summed E-state index contributed by atoms with van der Waals surface area (Å²) < 4.78 is 49.6. The predicted octanol–water partition coefficient (Wildman–Crippen LogP) is 4.37. The molecule has 0 fully saturated rings. The standard InChI is InChI=1S/C9H4BrF4N/c1-15-7-4-5(2-3-6(7)11)8(10)9(12,13)14/h2-4,8H. The molecule has 1 aromatic rings. The smallest absolute Gasteiger partial charge is 0.235 e. The molecule has 1 atom stereocenters. The number of benzene rings is 1. The van der Waals surface area contributed by atoms with E-state index >= 15 is 0 Å². The number of nitrogens with zero attached hydrogens (tertiary/aromatic N) is 1. The lowest BCUT2D eigenvalue weighted by Gasteiger charge is -2.14. The van der Waals surface area contributed by atoms with Crippen LogP contribution < -0.4 is 0 Å². The molecule has 15 heavy (non-hydrogen) atoms. The number of rotatable bonds is 1. The minimum Gasteiger partial charge on any atom is -0.235 e. The average Bonchev–Trinajstić information content (AvgIpc) is 2.16. The largest absolute Gasteiger partial charge is 0.405 e. The van der Waals surface area contributed by atoms with Gasteiger partial charge in [0, 0.05) is 0 Å². The van der Waals surface area contributed by atoms with Gasteiger partial charge >= 0.3 is 6.18 Å². The molecule has 0 N–H and O–H groups in total. The maximum atomic E-state index is 12.8. The quantitative estimate of drug-likeness (QED) is 0.409. The molecule has 6 heteroatoms. The van der Waals surface area contributed by atoms with Crippen LogP contribution in [0.3, 0.4) is 0 Å². The van der Waals surface area contributed by atoms with Gasteiger partial charge in [-0.25, -0.2) is 9.24 Å². The molecule has 0 amide bonds. The zero-order valence-electron chi connectivity index (χ0n) is 7.15. The summed E-state index contributed by atoms with van der Waals surface area (Å²) in [6, 6.07) is 2.73. The molecule has 0 heterocycles. The summed E-state index contributed by atoms with van der Waals surface area (Å²) in [6.07, 6.45) is -4.46. The molecule has 0 radical (unpaired) electrons. The van der Waals surface area contributed by atoms with E-state index in [1.807, 2.05) is 0 Å². The van der Waals surface area contributed by atoms with E-state index in [0.29, 0.717) is 0 Å². The molecule has 80 valence electrons. The second kappa shape index (κ2) is 4.19. The van der Waals surface area contributed by atoms with E-state index in [9.17, 15) is 17.6 Å². The van der Waals surface area contributed by atoms with E-state index in [2.05, 4.69) is 20.8 Å². The fourth-order valence-electron chi connectivity index (χ4n) is 0.962. The molecule has 0 aliphatic carbocycles. The first-order valence-corrected chi connectivity index (χ1v) is 4.65. The van der Waals surface area contributed by atoms with E-state index in [1.54, 1.807) is 0 Å². The van der Waals surface area contributed by atoms with Gasteiger partial charge in [-0.2, -0.15) is 13.2 Å². The summed E-state index contributed by atoms with van der Waals surface area (Å²) in [7, 11) is 0. The highest BCUT2D eigenvalue weighted by Gasteiger charge is 2.38. The molecule has 0 aliphatic rings. The minimum atomic E-state index is -4.46. The molecule has 1 aromatic carbocycles. The van der Waals surface area contributed by atoms with Crippen LogP contribution in [0.4, 0.5) is 23.2 Å². The maximum absolute atomic E-state index is 12.8. The fraction of sp³-hybridized carbons (Fsp3) is 0.222. The summed E-state index contributed by atoms with van der Waals surface area (Å²) in [5.41, 5.74) is -0.601. The predicted molar refractivity (Wildman–Crippen MR) is 50.4 cm³/mol. The Morgan fingerprint density at radius 2 is 1.93 bits per heavy atom. The van der Waals surface area contributed by atoms with Crippen molar-refractivity contribution < 1.29 is 17.6 Å². The third-order valence-corrected chi connectivity index (χ3v) is 2.72. The lowest BCUT2D eigenvalue weighted by Crippen LogP contribution is -2.15. The Kier molecular flexibility index (Phi) is 3.35. The summed E-state index contributed by atoms with van der Waals surface area (Å²) in [4.78, 5) is 0.899. The van der Waals surface area contributed by atoms with E-state index in [1.165, 1.54) is 0 Å². The second-order valence-electron chi connectivity index (χ2n) is 2.73. The SMILES string of the molecule is [C-]#[N+]c1cc(C(Br)C(F)(F)F)ccc1F. The average molecular weight is 282 g/mol. The molecule has 1 unspecified atom stereocenters. The monoisotopic (exact) mass is 281 g/mol. The fourth-order valence-corrected chi connectivity index (χ4v) is 1.25. The first-order chi connectivity index (χ1) is 6.86. The highest BCUT2D eigenvalue weighted by Crippen LogP contribution is 2.40. The van der Waals surface area contributed by atoms with Crippen LogP contribution in [0.2, 0.25) is 0 Å². The maximum Gasteiger partial charge on any atom is 0.405 e. The van der Waals surface area contributed by atoms with Crippen molar-refractivity contribution in [3.63, 3.8) is 0 Å². The minimum absolute atomic E-state index is 0.185. The van der Waals surface area contributed by atoms with Crippen LogP contribution in [0.1, 0.15) is 10.4 Å². The Morgan fingerprint density at radius 3 is 2.40 bits per heavy atom. The molecule has 0 saturated heterocycles. The third-order valence-electron chi connectivity index (χ3n) is 1.67. The number of alkyl halides is 4. The number of halogens is 5. The highest BCUT2D eigenvalue weighted by molar-refractivity contribution is 9.09. The van der Waals surface area contributed by atoms with Crippen LogP contribution in [-0.2, 0) is 0 Å². The molecule has 0 spiro atoms. The van der Waals surface area contributed by atoms with Crippen molar-refractivity contribution in [3.05, 3.63) is 41.0 Å². The van der Waals surface area contributed by atoms with Gasteiger partial charge in [0.2, 0.25) is 5.69 Å². The highest BCUT2D eigenvalue weighted by atomic mass is 79.9. The summed E-state index contributed by atoms with van der Waals surface area (Å²) >= 11 is 2.44. The van der Waals surface area contributed by atoms with Gasteiger partial charge in [-0.1, -0.05) is 22.0 Å². The van der Waals surface area contributed by atoms with Crippen molar-refractivity contribution in [2.24, 2.45) is 0 Å². The number of hydrogen-bond acceptors (Lipinski definition) is 0. The molecule has 1 nitrogen and oxygen atoms in total. The number of hydrogen-bond donors (Lipinski definition) is 0. The molecular weight excluding hydrogens is 278 g/mol. The first kappa shape index (κ1) is 12.0. The van der Waals surface area contributed by atoms with Gasteiger partial charge in [-0.3, -0.25) is 0 Å². The summed E-state index contributed by atoms with van der Waals surface area (Å²) in [5, 5.41) is 0. The van der Waals surface area contributed by atoms with E-state index < -0.39 is 22.5 Å². The van der Waals surface area contributed by atoms with Crippen LogP contribution in [0, 0.1) is 12.4 Å². The van der Waals surface area contributed by atoms with Crippen molar-refractivity contribution in [2.45, 2.75) is 11.0 Å². The molecule has 0 bridgehead atoms. The van der Waals surface area contributed by atoms with Crippen molar-refractivity contribution >= 4 is 21.6 Å². The second-order valence-corrected chi connectivity index (χ2v) is 3.64. The van der Waals surface area contributed by atoms with E-state index in [4.69, 9.17) is 6.57 Å². The topological polar surface area (TPSA) is 4.36 Å². The normalized spacial score (nSPS) is 13.3. The lowest BCUT2D eigenvalue weighted by molar-refractivity contribution is -0.128. The third kappa shape index (κ3) is 2.69. The van der Waals surface area contributed by atoms with Gasteiger partial charge in [0.05, 0.1) is 6.57 Å². The van der Waals surface area contributed by atoms with Crippen molar-refractivity contribution in [2.75, 3.05) is 0 Å². The Morgan fingerprint density at radius 1 is 1.33 bits per heavy atom. The van der Waals surface area contributed by atoms with Crippen LogP contribution in [0.25, 0.3) is 4.85 Å². The van der Waals surface area contributed by atoms with Crippen molar-refractivity contribution in [1.82, 2.24) is 0 Å². The van der Waals surface area contributed by atoms with Crippen LogP contribution in [-0.4, -0.2) is 6.18 Å². The summed E-state index contributed by atoms with van der Waals surface area (Å²) in [5.74, 6) is -0.823. The zero-order chi connectivity index (χ0) is 11.6. The van der Waals surface area contributed by atoms with E-state index in [0.717, 1.165) is 18.2 Å². The Bertz CT molecular complexity index is 408. The zero-order valence-corrected chi connectivity index (χ0v) is 8.73. The van der Waals surface area contributed by atoms with Gasteiger partial charge in [-0.05, 0) is 17.7 Å². The summed E-state index contributed by atoms with van der Waals surface area (Å²) in [6.45, 7) is 6.57. The van der Waals surface area contributed by atoms with E-state index in [-0.39, 0.29) is 5.56 Å². The molecule has 0 aliphatic heterocycles. The Balaban J connectivity index is 3.13. The lowest BCUT2D eigenvalue weighted by atomic mass is 10.1. The van der Waals surface area contributed by atoms with Crippen molar-refractivity contribution in [3.8, 4) is 0 Å². The van der Waals surface area contributed by atoms with Gasteiger partial charge in [0.15, 0.2) is 0 Å². The van der Waals surface area contributed by atoms with Gasteiger partial charge in [-0.15, -0.1) is 0 Å². The molecule has 1 rings (SSSR count). The van der Waals surface area contributed by atoms with Gasteiger partial charge < -0.3 is 0 Å². The first-order valence-electron chi connectivity index (χ1n) is 3.74. The van der Waals surface area contributed by atoms with Gasteiger partial charge in [0.1, 0.15) is 10.6 Å². The Labute approximate surface area is 91.7 Å². The molecular formula is C9H4BrF4N.